The lowest BCUT2D eigenvalue weighted by atomic mass is 10.1. The first kappa shape index (κ1) is 19.9. The number of ether oxygens (including phenoxy) is 1. The summed E-state index contributed by atoms with van der Waals surface area (Å²) in [4.78, 5) is 16.9. The van der Waals surface area contributed by atoms with Crippen LogP contribution in [-0.2, 0) is 4.79 Å². The highest BCUT2D eigenvalue weighted by molar-refractivity contribution is 9.10. The minimum atomic E-state index is 0.0339. The Balaban J connectivity index is 1.48. The Labute approximate surface area is 169 Å². The number of anilines is 1. The summed E-state index contributed by atoms with van der Waals surface area (Å²) < 4.78 is 6.34. The second kappa shape index (κ2) is 9.35. The molecule has 1 saturated heterocycles. The van der Waals surface area contributed by atoms with E-state index in [0.29, 0.717) is 12.6 Å². The van der Waals surface area contributed by atoms with Gasteiger partial charge in [-0.2, -0.15) is 0 Å². The van der Waals surface area contributed by atoms with Crippen LogP contribution < -0.4 is 10.1 Å². The van der Waals surface area contributed by atoms with Gasteiger partial charge in [-0.3, -0.25) is 14.6 Å². The van der Waals surface area contributed by atoms with E-state index in [0.717, 1.165) is 42.1 Å². The van der Waals surface area contributed by atoms with Gasteiger partial charge in [-0.1, -0.05) is 28.1 Å². The van der Waals surface area contributed by atoms with E-state index in [-0.39, 0.29) is 5.91 Å². The molecule has 5 nitrogen and oxygen atoms in total. The van der Waals surface area contributed by atoms with Crippen LogP contribution in [-0.4, -0.2) is 55.5 Å². The van der Waals surface area contributed by atoms with Crippen molar-refractivity contribution in [2.75, 3.05) is 45.2 Å². The van der Waals surface area contributed by atoms with E-state index in [9.17, 15) is 4.79 Å². The fourth-order valence-corrected chi connectivity index (χ4v) is 3.62. The van der Waals surface area contributed by atoms with Crippen LogP contribution in [0.2, 0.25) is 0 Å². The van der Waals surface area contributed by atoms with Gasteiger partial charge in [-0.25, -0.2) is 0 Å². The molecule has 1 heterocycles. The Morgan fingerprint density at radius 3 is 2.52 bits per heavy atom. The molecule has 0 spiro atoms. The quantitative estimate of drug-likeness (QED) is 0.755. The Hall–Kier alpha value is -1.89. The van der Waals surface area contributed by atoms with E-state index >= 15 is 0 Å². The summed E-state index contributed by atoms with van der Waals surface area (Å²) in [5.74, 6) is 0.925. The lowest BCUT2D eigenvalue weighted by Crippen LogP contribution is -2.49. The highest BCUT2D eigenvalue weighted by Gasteiger charge is 2.23. The number of nitrogens with one attached hydrogen (secondary N) is 1. The minimum absolute atomic E-state index is 0.0339. The topological polar surface area (TPSA) is 44.8 Å². The van der Waals surface area contributed by atoms with Crippen molar-refractivity contribution in [2.24, 2.45) is 0 Å². The number of hydrogen-bond donors (Lipinski definition) is 1. The SMILES string of the molecule is COc1cccc(C(C)N2CCN(CC(=O)Nc3ccc(Br)cc3)CC2)c1. The van der Waals surface area contributed by atoms with Gasteiger partial charge < -0.3 is 10.1 Å². The number of amides is 1. The summed E-state index contributed by atoms with van der Waals surface area (Å²) in [5.41, 5.74) is 2.09. The van der Waals surface area contributed by atoms with Crippen LogP contribution in [0.4, 0.5) is 5.69 Å². The van der Waals surface area contributed by atoms with Gasteiger partial charge in [-0.15, -0.1) is 0 Å². The van der Waals surface area contributed by atoms with E-state index in [1.54, 1.807) is 7.11 Å². The maximum absolute atomic E-state index is 12.3. The van der Waals surface area contributed by atoms with Crippen molar-refractivity contribution in [1.82, 2.24) is 9.80 Å². The number of piperazine rings is 1. The van der Waals surface area contributed by atoms with Crippen molar-refractivity contribution in [1.29, 1.82) is 0 Å². The molecule has 1 unspecified atom stereocenters. The Bertz CT molecular complexity index is 758. The number of carbonyl (C=O) groups is 1. The third kappa shape index (κ3) is 5.54. The average Bonchev–Trinajstić information content (AvgIpc) is 2.70. The first-order valence-corrected chi connectivity index (χ1v) is 10.0. The van der Waals surface area contributed by atoms with Crippen molar-refractivity contribution in [3.8, 4) is 5.75 Å². The number of carbonyl (C=O) groups excluding carboxylic acids is 1. The molecule has 0 bridgehead atoms. The van der Waals surface area contributed by atoms with Crippen LogP contribution in [0.15, 0.2) is 53.0 Å². The molecule has 6 heteroatoms. The van der Waals surface area contributed by atoms with Crippen molar-refractivity contribution < 1.29 is 9.53 Å². The molecule has 2 aromatic rings. The van der Waals surface area contributed by atoms with Gasteiger partial charge in [0, 0.05) is 42.4 Å². The zero-order valence-corrected chi connectivity index (χ0v) is 17.4. The van der Waals surface area contributed by atoms with Gasteiger partial charge in [0.1, 0.15) is 5.75 Å². The standard InChI is InChI=1S/C21H26BrN3O2/c1-16(17-4-3-5-20(14-17)27-2)25-12-10-24(11-13-25)15-21(26)23-19-8-6-18(22)7-9-19/h3-9,14,16H,10-13,15H2,1-2H3,(H,23,26). The van der Waals surface area contributed by atoms with Crippen molar-refractivity contribution in [2.45, 2.75) is 13.0 Å². The van der Waals surface area contributed by atoms with Gasteiger partial charge in [0.2, 0.25) is 5.91 Å². The third-order valence-electron chi connectivity index (χ3n) is 5.03. The highest BCUT2D eigenvalue weighted by atomic mass is 79.9. The van der Waals surface area contributed by atoms with Gasteiger partial charge in [-0.05, 0) is 48.9 Å². The summed E-state index contributed by atoms with van der Waals surface area (Å²) in [6, 6.07) is 16.2. The van der Waals surface area contributed by atoms with Crippen LogP contribution in [0.5, 0.6) is 5.75 Å². The number of hydrogen-bond acceptors (Lipinski definition) is 4. The van der Waals surface area contributed by atoms with Crippen molar-refractivity contribution in [3.05, 3.63) is 58.6 Å². The van der Waals surface area contributed by atoms with Crippen molar-refractivity contribution >= 4 is 27.5 Å². The van der Waals surface area contributed by atoms with E-state index < -0.39 is 0 Å². The monoisotopic (exact) mass is 431 g/mol. The first-order valence-electron chi connectivity index (χ1n) is 9.21. The zero-order chi connectivity index (χ0) is 19.2. The maximum atomic E-state index is 12.3. The molecule has 1 aliphatic rings. The summed E-state index contributed by atoms with van der Waals surface area (Å²) in [7, 11) is 1.70. The molecule has 27 heavy (non-hydrogen) atoms. The number of rotatable bonds is 6. The molecule has 1 aliphatic heterocycles. The van der Waals surface area contributed by atoms with Crippen LogP contribution in [0, 0.1) is 0 Å². The molecular weight excluding hydrogens is 406 g/mol. The van der Waals surface area contributed by atoms with Gasteiger partial charge >= 0.3 is 0 Å². The molecular formula is C21H26BrN3O2. The molecule has 1 N–H and O–H groups in total. The second-order valence-corrected chi connectivity index (χ2v) is 7.74. The predicted octanol–water partition coefficient (Wildman–Crippen LogP) is 3.78. The first-order chi connectivity index (χ1) is 13.0. The molecule has 3 rings (SSSR count). The number of benzene rings is 2. The number of methoxy groups -OCH3 is 1. The van der Waals surface area contributed by atoms with Gasteiger partial charge in [0.05, 0.1) is 13.7 Å². The molecule has 0 radical (unpaired) electrons. The van der Waals surface area contributed by atoms with Crippen molar-refractivity contribution in [3.63, 3.8) is 0 Å². The fourth-order valence-electron chi connectivity index (χ4n) is 3.36. The lowest BCUT2D eigenvalue weighted by Gasteiger charge is -2.38. The average molecular weight is 432 g/mol. The number of nitrogens with zero attached hydrogens (tertiary/aromatic N) is 2. The smallest absolute Gasteiger partial charge is 0.238 e. The van der Waals surface area contributed by atoms with Gasteiger partial charge in [0.25, 0.3) is 0 Å². The summed E-state index contributed by atoms with van der Waals surface area (Å²) in [6.07, 6.45) is 0. The zero-order valence-electron chi connectivity index (χ0n) is 15.8. The molecule has 1 fully saturated rings. The predicted molar refractivity (Wildman–Crippen MR) is 112 cm³/mol. The van der Waals surface area contributed by atoms with Crippen LogP contribution in [0.3, 0.4) is 0 Å². The second-order valence-electron chi connectivity index (χ2n) is 6.82. The Kier molecular flexibility index (Phi) is 6.88. The molecule has 1 amide bonds. The third-order valence-corrected chi connectivity index (χ3v) is 5.55. The molecule has 2 aromatic carbocycles. The highest BCUT2D eigenvalue weighted by Crippen LogP contribution is 2.24. The minimum Gasteiger partial charge on any atom is -0.497 e. The lowest BCUT2D eigenvalue weighted by molar-refractivity contribution is -0.117. The number of halogens is 1. The molecule has 0 aliphatic carbocycles. The molecule has 1 atom stereocenters. The van der Waals surface area contributed by atoms with Crippen LogP contribution in [0.25, 0.3) is 0 Å². The normalized spacial score (nSPS) is 16.7. The Morgan fingerprint density at radius 2 is 1.85 bits per heavy atom. The van der Waals surface area contributed by atoms with Crippen LogP contribution in [0.1, 0.15) is 18.5 Å². The van der Waals surface area contributed by atoms with E-state index in [1.807, 2.05) is 36.4 Å². The fraction of sp³-hybridized carbons (Fsp3) is 0.381. The van der Waals surface area contributed by atoms with E-state index in [1.165, 1.54) is 5.56 Å². The maximum Gasteiger partial charge on any atom is 0.238 e. The van der Waals surface area contributed by atoms with Gasteiger partial charge in [0.15, 0.2) is 0 Å². The summed E-state index contributed by atoms with van der Waals surface area (Å²) in [6.45, 7) is 6.33. The van der Waals surface area contributed by atoms with E-state index in [4.69, 9.17) is 4.74 Å². The Morgan fingerprint density at radius 1 is 1.15 bits per heavy atom. The molecule has 0 saturated carbocycles. The molecule has 0 aromatic heterocycles. The van der Waals surface area contributed by atoms with E-state index in [2.05, 4.69) is 50.1 Å². The largest absolute Gasteiger partial charge is 0.497 e. The summed E-state index contributed by atoms with van der Waals surface area (Å²) in [5, 5.41) is 2.96. The summed E-state index contributed by atoms with van der Waals surface area (Å²) >= 11 is 3.40. The van der Waals surface area contributed by atoms with Crippen LogP contribution >= 0.6 is 15.9 Å². The molecule has 144 valence electrons.